The molecule has 2 aromatic carbocycles. The zero-order valence-electron chi connectivity index (χ0n) is 10.3. The van der Waals surface area contributed by atoms with Crippen LogP contribution in [0.3, 0.4) is 0 Å². The molecule has 20 heavy (non-hydrogen) atoms. The summed E-state index contributed by atoms with van der Waals surface area (Å²) in [5.74, 6) is -2.18. The second kappa shape index (κ2) is 5.88. The third-order valence-corrected chi connectivity index (χ3v) is 2.84. The Kier molecular flexibility index (Phi) is 4.20. The van der Waals surface area contributed by atoms with Crippen LogP contribution < -0.4 is 11.1 Å². The first kappa shape index (κ1) is 14.3. The van der Waals surface area contributed by atoms with Crippen molar-refractivity contribution in [3.05, 3.63) is 58.6 Å². The van der Waals surface area contributed by atoms with Crippen molar-refractivity contribution in [3.63, 3.8) is 0 Å². The van der Waals surface area contributed by atoms with Crippen LogP contribution in [0, 0.1) is 11.6 Å². The first-order valence-corrected chi connectivity index (χ1v) is 6.12. The van der Waals surface area contributed by atoms with Gasteiger partial charge >= 0.3 is 0 Å². The van der Waals surface area contributed by atoms with Crippen LogP contribution in [0.2, 0.25) is 5.02 Å². The second-order valence-electron chi connectivity index (χ2n) is 4.21. The number of nitrogens with one attached hydrogen (secondary N) is 1. The molecule has 0 radical (unpaired) electrons. The van der Waals surface area contributed by atoms with Crippen LogP contribution in [-0.2, 0) is 11.2 Å². The highest BCUT2D eigenvalue weighted by atomic mass is 35.5. The summed E-state index contributed by atoms with van der Waals surface area (Å²) in [6, 6.07) is 8.34. The second-order valence-corrected chi connectivity index (χ2v) is 4.64. The number of nitrogens with two attached hydrogens (primary N) is 1. The SMILES string of the molecule is Nc1cc(F)cc(F)c1NC(=O)Cc1cccc(Cl)c1. The topological polar surface area (TPSA) is 55.1 Å². The highest BCUT2D eigenvalue weighted by Gasteiger charge is 2.12. The zero-order valence-corrected chi connectivity index (χ0v) is 11.0. The average molecular weight is 297 g/mol. The van der Waals surface area contributed by atoms with Crippen molar-refractivity contribution in [2.75, 3.05) is 11.1 Å². The molecule has 0 aromatic heterocycles. The number of rotatable bonds is 3. The monoisotopic (exact) mass is 296 g/mol. The molecule has 0 aliphatic rings. The smallest absolute Gasteiger partial charge is 0.228 e. The molecule has 0 aliphatic heterocycles. The number of hydrogen-bond acceptors (Lipinski definition) is 2. The van der Waals surface area contributed by atoms with E-state index in [2.05, 4.69) is 5.32 Å². The minimum Gasteiger partial charge on any atom is -0.397 e. The molecule has 1 amide bonds. The largest absolute Gasteiger partial charge is 0.397 e. The van der Waals surface area contributed by atoms with Gasteiger partial charge in [0, 0.05) is 11.1 Å². The van der Waals surface area contributed by atoms with E-state index in [4.69, 9.17) is 17.3 Å². The molecule has 3 nitrogen and oxygen atoms in total. The van der Waals surface area contributed by atoms with Gasteiger partial charge in [-0.05, 0) is 23.8 Å². The molecule has 0 spiro atoms. The molecule has 0 unspecified atom stereocenters. The van der Waals surface area contributed by atoms with Crippen LogP contribution >= 0.6 is 11.6 Å². The van der Waals surface area contributed by atoms with Crippen LogP contribution in [0.1, 0.15) is 5.56 Å². The van der Waals surface area contributed by atoms with Crippen molar-refractivity contribution in [2.45, 2.75) is 6.42 Å². The number of carbonyl (C=O) groups excluding carboxylic acids is 1. The molecule has 0 bridgehead atoms. The molecule has 2 rings (SSSR count). The van der Waals surface area contributed by atoms with E-state index >= 15 is 0 Å². The summed E-state index contributed by atoms with van der Waals surface area (Å²) >= 11 is 5.80. The Labute approximate surface area is 119 Å². The van der Waals surface area contributed by atoms with Gasteiger partial charge in [-0.1, -0.05) is 23.7 Å². The lowest BCUT2D eigenvalue weighted by Crippen LogP contribution is -2.16. The highest BCUT2D eigenvalue weighted by Crippen LogP contribution is 2.24. The minimum absolute atomic E-state index is 0.0107. The Morgan fingerprint density at radius 2 is 2.00 bits per heavy atom. The maximum absolute atomic E-state index is 13.5. The van der Waals surface area contributed by atoms with E-state index in [1.54, 1.807) is 24.3 Å². The molecule has 0 aliphatic carbocycles. The Bertz CT molecular complexity index is 638. The van der Waals surface area contributed by atoms with Gasteiger partial charge in [-0.3, -0.25) is 4.79 Å². The maximum atomic E-state index is 13.5. The summed E-state index contributed by atoms with van der Waals surface area (Å²) in [5.41, 5.74) is 5.76. The van der Waals surface area contributed by atoms with E-state index in [9.17, 15) is 13.6 Å². The van der Waals surface area contributed by atoms with Gasteiger partial charge in [-0.25, -0.2) is 8.78 Å². The van der Waals surface area contributed by atoms with Crippen LogP contribution in [0.25, 0.3) is 0 Å². The molecule has 0 saturated heterocycles. The van der Waals surface area contributed by atoms with E-state index in [0.717, 1.165) is 6.07 Å². The lowest BCUT2D eigenvalue weighted by Gasteiger charge is -2.09. The Morgan fingerprint density at radius 3 is 2.65 bits per heavy atom. The molecule has 2 aromatic rings. The third-order valence-electron chi connectivity index (χ3n) is 2.60. The number of amides is 1. The van der Waals surface area contributed by atoms with Crippen molar-refractivity contribution in [2.24, 2.45) is 0 Å². The number of benzene rings is 2. The average Bonchev–Trinajstić information content (AvgIpc) is 2.33. The predicted octanol–water partition coefficient (Wildman–Crippen LogP) is 3.38. The van der Waals surface area contributed by atoms with Crippen LogP contribution in [0.5, 0.6) is 0 Å². The van der Waals surface area contributed by atoms with Gasteiger partial charge in [0.15, 0.2) is 5.82 Å². The fraction of sp³-hybridized carbons (Fsp3) is 0.0714. The molecule has 0 fully saturated rings. The van der Waals surface area contributed by atoms with E-state index in [0.29, 0.717) is 16.7 Å². The predicted molar refractivity (Wildman–Crippen MR) is 74.6 cm³/mol. The zero-order chi connectivity index (χ0) is 14.7. The molecular weight excluding hydrogens is 286 g/mol. The first-order valence-electron chi connectivity index (χ1n) is 5.74. The number of halogens is 3. The number of carbonyl (C=O) groups is 1. The van der Waals surface area contributed by atoms with Crippen molar-refractivity contribution < 1.29 is 13.6 Å². The van der Waals surface area contributed by atoms with E-state index < -0.39 is 17.5 Å². The summed E-state index contributed by atoms with van der Waals surface area (Å²) in [4.78, 5) is 11.8. The Hall–Kier alpha value is -2.14. The highest BCUT2D eigenvalue weighted by molar-refractivity contribution is 6.30. The normalized spacial score (nSPS) is 10.3. The molecule has 3 N–H and O–H groups in total. The van der Waals surface area contributed by atoms with E-state index in [1.807, 2.05) is 0 Å². The van der Waals surface area contributed by atoms with Gasteiger partial charge in [0.25, 0.3) is 0 Å². The van der Waals surface area contributed by atoms with Crippen molar-refractivity contribution in [1.82, 2.24) is 0 Å². The third kappa shape index (κ3) is 3.45. The van der Waals surface area contributed by atoms with Gasteiger partial charge < -0.3 is 11.1 Å². The van der Waals surface area contributed by atoms with E-state index in [-0.39, 0.29) is 17.8 Å². The number of nitrogen functional groups attached to an aromatic ring is 1. The standard InChI is InChI=1S/C14H11ClF2N2O/c15-9-3-1-2-8(4-9)5-13(20)19-14-11(17)6-10(16)7-12(14)18/h1-4,6-7H,5,18H2,(H,19,20). The van der Waals surface area contributed by atoms with Crippen molar-refractivity contribution >= 4 is 28.9 Å². The summed E-state index contributed by atoms with van der Waals surface area (Å²) in [6.07, 6.45) is 0.0107. The molecule has 0 atom stereocenters. The van der Waals surface area contributed by atoms with Gasteiger partial charge in [-0.2, -0.15) is 0 Å². The van der Waals surface area contributed by atoms with E-state index in [1.165, 1.54) is 0 Å². The number of anilines is 2. The van der Waals surface area contributed by atoms with Gasteiger partial charge in [0.2, 0.25) is 5.91 Å². The molecule has 0 heterocycles. The van der Waals surface area contributed by atoms with Crippen LogP contribution in [0.15, 0.2) is 36.4 Å². The molecular formula is C14H11ClF2N2O. The number of hydrogen-bond donors (Lipinski definition) is 2. The summed E-state index contributed by atoms with van der Waals surface area (Å²) in [7, 11) is 0. The van der Waals surface area contributed by atoms with Gasteiger partial charge in [-0.15, -0.1) is 0 Å². The lowest BCUT2D eigenvalue weighted by molar-refractivity contribution is -0.115. The fourth-order valence-corrected chi connectivity index (χ4v) is 1.95. The van der Waals surface area contributed by atoms with Gasteiger partial charge in [0.05, 0.1) is 12.1 Å². The van der Waals surface area contributed by atoms with Crippen LogP contribution in [-0.4, -0.2) is 5.91 Å². The molecule has 0 saturated carbocycles. The Morgan fingerprint density at radius 1 is 1.25 bits per heavy atom. The first-order chi connectivity index (χ1) is 9.45. The Balaban J connectivity index is 2.13. The summed E-state index contributed by atoms with van der Waals surface area (Å²) in [5, 5.41) is 2.83. The molecule has 6 heteroatoms. The fourth-order valence-electron chi connectivity index (χ4n) is 1.74. The van der Waals surface area contributed by atoms with Crippen LogP contribution in [0.4, 0.5) is 20.2 Å². The van der Waals surface area contributed by atoms with Crippen molar-refractivity contribution in [1.29, 1.82) is 0 Å². The summed E-state index contributed by atoms with van der Waals surface area (Å²) in [6.45, 7) is 0. The molecule has 104 valence electrons. The van der Waals surface area contributed by atoms with Gasteiger partial charge in [0.1, 0.15) is 11.5 Å². The lowest BCUT2D eigenvalue weighted by atomic mass is 10.1. The summed E-state index contributed by atoms with van der Waals surface area (Å²) < 4.78 is 26.4. The minimum atomic E-state index is -0.915. The van der Waals surface area contributed by atoms with Crippen molar-refractivity contribution in [3.8, 4) is 0 Å². The quantitative estimate of drug-likeness (QED) is 0.853. The maximum Gasteiger partial charge on any atom is 0.228 e.